The molecule has 2 aromatic rings. The maximum Gasteiger partial charge on any atom is 0.276 e. The molecule has 112 valence electrons. The second-order valence-corrected chi connectivity index (χ2v) is 6.11. The lowest BCUT2D eigenvalue weighted by molar-refractivity contribution is -0.115. The highest BCUT2D eigenvalue weighted by Crippen LogP contribution is 2.21. The van der Waals surface area contributed by atoms with Gasteiger partial charge in [-0.2, -0.15) is 0 Å². The molecule has 1 atom stereocenters. The first-order valence-electron chi connectivity index (χ1n) is 7.07. The van der Waals surface area contributed by atoms with Gasteiger partial charge in [0.25, 0.3) is 5.91 Å². The number of thiazole rings is 1. The summed E-state index contributed by atoms with van der Waals surface area (Å²) in [7, 11) is 0. The lowest BCUT2D eigenvalue weighted by Crippen LogP contribution is -2.42. The molecule has 1 aromatic heterocycles. The smallest absolute Gasteiger partial charge is 0.276 e. The Morgan fingerprint density at radius 1 is 1.45 bits per heavy atom. The quantitative estimate of drug-likeness (QED) is 0.824. The van der Waals surface area contributed by atoms with E-state index in [1.54, 1.807) is 17.4 Å². The van der Waals surface area contributed by atoms with Crippen molar-refractivity contribution in [1.29, 1.82) is 0 Å². The summed E-state index contributed by atoms with van der Waals surface area (Å²) >= 11 is 1.58. The van der Waals surface area contributed by atoms with Gasteiger partial charge in [-0.15, -0.1) is 11.3 Å². The largest absolute Gasteiger partial charge is 0.379 e. The monoisotopic (exact) mass is 314 g/mol. The van der Waals surface area contributed by atoms with E-state index in [1.807, 2.05) is 23.7 Å². The number of aliphatic imine (C=N–C) groups is 1. The molecule has 1 aromatic carbocycles. The molecule has 7 heteroatoms. The molecule has 1 amide bonds. The van der Waals surface area contributed by atoms with Crippen LogP contribution in [-0.2, 0) is 9.53 Å². The van der Waals surface area contributed by atoms with Gasteiger partial charge in [-0.25, -0.2) is 9.98 Å². The van der Waals surface area contributed by atoms with Crippen LogP contribution in [0, 0.1) is 0 Å². The third-order valence-electron chi connectivity index (χ3n) is 3.63. The summed E-state index contributed by atoms with van der Waals surface area (Å²) in [4.78, 5) is 20.6. The fraction of sp³-hybridized carbons (Fsp3) is 0.267. The summed E-state index contributed by atoms with van der Waals surface area (Å²) in [5, 5.41) is 5.94. The molecule has 0 spiro atoms. The summed E-state index contributed by atoms with van der Waals surface area (Å²) < 4.78 is 6.40. The molecule has 0 saturated carbocycles. The summed E-state index contributed by atoms with van der Waals surface area (Å²) in [5.41, 5.74) is 4.13. The lowest BCUT2D eigenvalue weighted by Gasteiger charge is -2.10. The predicted molar refractivity (Wildman–Crippen MR) is 85.5 cm³/mol. The van der Waals surface area contributed by atoms with Crippen LogP contribution in [0.5, 0.6) is 0 Å². The van der Waals surface area contributed by atoms with Crippen molar-refractivity contribution in [3.8, 4) is 0 Å². The molecular weight excluding hydrogens is 300 g/mol. The van der Waals surface area contributed by atoms with Crippen molar-refractivity contribution in [1.82, 2.24) is 15.6 Å². The molecule has 2 aliphatic heterocycles. The zero-order chi connectivity index (χ0) is 14.9. The molecule has 1 unspecified atom stereocenters. The Labute approximate surface area is 130 Å². The van der Waals surface area contributed by atoms with Crippen molar-refractivity contribution in [3.63, 3.8) is 0 Å². The average Bonchev–Trinajstić information content (AvgIpc) is 3.21. The Balaban J connectivity index is 1.57. The van der Waals surface area contributed by atoms with E-state index in [9.17, 15) is 4.79 Å². The van der Waals surface area contributed by atoms with Gasteiger partial charge in [0, 0.05) is 6.61 Å². The van der Waals surface area contributed by atoms with Crippen molar-refractivity contribution >= 4 is 39.5 Å². The number of hydrogen-bond acceptors (Lipinski definition) is 6. The van der Waals surface area contributed by atoms with Crippen molar-refractivity contribution in [2.45, 2.75) is 12.5 Å². The van der Waals surface area contributed by atoms with Gasteiger partial charge in [0.1, 0.15) is 5.70 Å². The number of carbonyl (C=O) groups excluding carboxylic acids is 1. The van der Waals surface area contributed by atoms with Gasteiger partial charge in [0.05, 0.1) is 28.4 Å². The van der Waals surface area contributed by atoms with Crippen LogP contribution in [-0.4, -0.2) is 36.1 Å². The van der Waals surface area contributed by atoms with E-state index >= 15 is 0 Å². The first-order chi connectivity index (χ1) is 10.8. The Hall–Kier alpha value is -2.25. The fourth-order valence-electron chi connectivity index (χ4n) is 2.50. The number of carbonyl (C=O) groups is 1. The van der Waals surface area contributed by atoms with Crippen LogP contribution in [0.1, 0.15) is 12.0 Å². The number of hydrogen-bond donors (Lipinski definition) is 2. The third kappa shape index (κ3) is 2.60. The number of rotatable bonds is 2. The Bertz CT molecular complexity index is 790. The van der Waals surface area contributed by atoms with Crippen molar-refractivity contribution < 1.29 is 9.53 Å². The number of ether oxygens (including phenoxy) is 1. The maximum atomic E-state index is 12.0. The molecule has 2 N–H and O–H groups in total. The number of benzene rings is 1. The predicted octanol–water partition coefficient (Wildman–Crippen LogP) is 1.50. The van der Waals surface area contributed by atoms with Crippen molar-refractivity contribution in [2.75, 3.05) is 13.2 Å². The Kier molecular flexibility index (Phi) is 3.36. The number of nitrogens with one attached hydrogen (secondary N) is 2. The van der Waals surface area contributed by atoms with Crippen LogP contribution in [0.25, 0.3) is 16.3 Å². The maximum absolute atomic E-state index is 12.0. The summed E-state index contributed by atoms with van der Waals surface area (Å²) in [6.07, 6.45) is 2.71. The fourth-order valence-corrected chi connectivity index (χ4v) is 3.22. The SMILES string of the molecule is O=C1NC(NC2CCOC2)=N/C1=C\c1ccc2ncsc2c1. The summed E-state index contributed by atoms with van der Waals surface area (Å²) in [6.45, 7) is 1.40. The second kappa shape index (κ2) is 5.51. The minimum atomic E-state index is -0.189. The molecule has 0 radical (unpaired) electrons. The van der Waals surface area contributed by atoms with E-state index in [4.69, 9.17) is 4.74 Å². The normalized spacial score (nSPS) is 23.1. The third-order valence-corrected chi connectivity index (χ3v) is 4.42. The van der Waals surface area contributed by atoms with Crippen molar-refractivity contribution in [2.24, 2.45) is 4.99 Å². The molecule has 22 heavy (non-hydrogen) atoms. The topological polar surface area (TPSA) is 75.6 Å². The molecule has 1 saturated heterocycles. The number of aromatic nitrogens is 1. The minimum Gasteiger partial charge on any atom is -0.379 e. The highest BCUT2D eigenvalue weighted by atomic mass is 32.1. The van der Waals surface area contributed by atoms with Crippen LogP contribution in [0.3, 0.4) is 0 Å². The van der Waals surface area contributed by atoms with Gasteiger partial charge in [-0.3, -0.25) is 10.1 Å². The van der Waals surface area contributed by atoms with Gasteiger partial charge in [0.15, 0.2) is 0 Å². The summed E-state index contributed by atoms with van der Waals surface area (Å²) in [5.74, 6) is 0.316. The highest BCUT2D eigenvalue weighted by molar-refractivity contribution is 7.16. The van der Waals surface area contributed by atoms with Gasteiger partial charge in [0.2, 0.25) is 5.96 Å². The molecule has 3 heterocycles. The van der Waals surface area contributed by atoms with E-state index in [-0.39, 0.29) is 11.9 Å². The second-order valence-electron chi connectivity index (χ2n) is 5.23. The zero-order valence-corrected chi connectivity index (χ0v) is 12.5. The van der Waals surface area contributed by atoms with Crippen LogP contribution in [0.15, 0.2) is 34.4 Å². The standard InChI is InChI=1S/C15H14N4O2S/c20-14-12(18-15(19-14)17-10-3-4-21-7-10)5-9-1-2-11-13(6-9)22-8-16-11/h1-2,5-6,8,10H,3-4,7H2,(H2,17,18,19,20)/b12-5-. The average molecular weight is 314 g/mol. The lowest BCUT2D eigenvalue weighted by atomic mass is 10.2. The molecule has 0 bridgehead atoms. The van der Waals surface area contributed by atoms with Crippen molar-refractivity contribution in [3.05, 3.63) is 35.0 Å². The van der Waals surface area contributed by atoms with Gasteiger partial charge in [-0.1, -0.05) is 6.07 Å². The Morgan fingerprint density at radius 2 is 2.41 bits per heavy atom. The van der Waals surface area contributed by atoms with Gasteiger partial charge >= 0.3 is 0 Å². The van der Waals surface area contributed by atoms with Crippen LogP contribution < -0.4 is 10.6 Å². The molecule has 2 aliphatic rings. The number of nitrogens with zero attached hydrogens (tertiary/aromatic N) is 2. The molecule has 0 aliphatic carbocycles. The van der Waals surface area contributed by atoms with Gasteiger partial charge < -0.3 is 10.1 Å². The molecule has 6 nitrogen and oxygen atoms in total. The Morgan fingerprint density at radius 3 is 3.27 bits per heavy atom. The van der Waals surface area contributed by atoms with E-state index in [2.05, 4.69) is 20.6 Å². The van der Waals surface area contributed by atoms with E-state index in [1.165, 1.54) is 0 Å². The summed E-state index contributed by atoms with van der Waals surface area (Å²) in [6, 6.07) is 6.11. The minimum absolute atomic E-state index is 0.189. The number of guanidine groups is 1. The molecule has 1 fully saturated rings. The van der Waals surface area contributed by atoms with E-state index in [0.717, 1.165) is 28.8 Å². The van der Waals surface area contributed by atoms with E-state index in [0.29, 0.717) is 18.3 Å². The zero-order valence-electron chi connectivity index (χ0n) is 11.7. The number of fused-ring (bicyclic) bond motifs is 1. The molecule has 4 rings (SSSR count). The van der Waals surface area contributed by atoms with E-state index < -0.39 is 0 Å². The highest BCUT2D eigenvalue weighted by Gasteiger charge is 2.24. The van der Waals surface area contributed by atoms with Crippen LogP contribution in [0.4, 0.5) is 0 Å². The first-order valence-corrected chi connectivity index (χ1v) is 7.95. The first kappa shape index (κ1) is 13.4. The van der Waals surface area contributed by atoms with Crippen LogP contribution in [0.2, 0.25) is 0 Å². The van der Waals surface area contributed by atoms with Crippen LogP contribution >= 0.6 is 11.3 Å². The number of amides is 1. The van der Waals surface area contributed by atoms with Gasteiger partial charge in [-0.05, 0) is 30.2 Å². The molecular formula is C15H14N4O2S.